The molecule has 0 fully saturated rings. The first-order valence-corrected chi connectivity index (χ1v) is 5.77. The second-order valence-corrected chi connectivity index (χ2v) is 4.77. The normalized spacial score (nSPS) is 15.2. The fourth-order valence-corrected chi connectivity index (χ4v) is 1.98. The number of thiazole rings is 1. The van der Waals surface area contributed by atoms with Crippen molar-refractivity contribution in [2.45, 2.75) is 32.9 Å². The molecule has 0 aliphatic carbocycles. The molecule has 0 amide bonds. The van der Waals surface area contributed by atoms with E-state index in [-0.39, 0.29) is 12.0 Å². The Kier molecular flexibility index (Phi) is 4.23. The van der Waals surface area contributed by atoms with E-state index < -0.39 is 12.0 Å². The molecule has 0 aromatic carbocycles. The zero-order chi connectivity index (χ0) is 11.4. The Labute approximate surface area is 93.4 Å². The van der Waals surface area contributed by atoms with E-state index in [2.05, 4.69) is 10.3 Å². The molecule has 1 rings (SSSR count). The van der Waals surface area contributed by atoms with Crippen LogP contribution in [0.15, 0.2) is 11.7 Å². The highest BCUT2D eigenvalue weighted by Crippen LogP contribution is 2.18. The van der Waals surface area contributed by atoms with Crippen molar-refractivity contribution in [3.8, 4) is 0 Å². The maximum atomic E-state index is 11.0. The average molecular weight is 228 g/mol. The summed E-state index contributed by atoms with van der Waals surface area (Å²) >= 11 is 1.53. The van der Waals surface area contributed by atoms with Gasteiger partial charge in [-0.25, -0.2) is 0 Å². The number of carbonyl (C=O) groups is 1. The maximum absolute atomic E-state index is 11.0. The zero-order valence-corrected chi connectivity index (χ0v) is 9.91. The molecule has 0 saturated heterocycles. The summed E-state index contributed by atoms with van der Waals surface area (Å²) in [5.74, 6) is -0.737. The third-order valence-electron chi connectivity index (χ3n) is 2.24. The van der Waals surface area contributed by atoms with Crippen molar-refractivity contribution in [2.24, 2.45) is 5.92 Å². The molecule has 5 heteroatoms. The van der Waals surface area contributed by atoms with E-state index in [1.54, 1.807) is 11.7 Å². The molecule has 2 atom stereocenters. The Bertz CT molecular complexity index is 311. The van der Waals surface area contributed by atoms with Crippen molar-refractivity contribution < 1.29 is 9.90 Å². The van der Waals surface area contributed by atoms with Gasteiger partial charge in [-0.05, 0) is 12.8 Å². The molecular formula is C10H16N2O2S. The molecule has 84 valence electrons. The molecule has 1 aromatic rings. The topological polar surface area (TPSA) is 62.2 Å². The molecule has 1 heterocycles. The van der Waals surface area contributed by atoms with Gasteiger partial charge >= 0.3 is 5.97 Å². The number of rotatable bonds is 5. The number of nitrogens with one attached hydrogen (secondary N) is 1. The molecule has 0 bridgehead atoms. The lowest BCUT2D eigenvalue weighted by Crippen LogP contribution is -2.41. The average Bonchev–Trinajstić information content (AvgIpc) is 2.65. The van der Waals surface area contributed by atoms with Crippen molar-refractivity contribution in [1.29, 1.82) is 0 Å². The number of carboxylic acid groups (broad SMARTS) is 1. The summed E-state index contributed by atoms with van der Waals surface area (Å²) in [6.07, 6.45) is 1.77. The van der Waals surface area contributed by atoms with E-state index in [0.29, 0.717) is 0 Å². The van der Waals surface area contributed by atoms with Crippen molar-refractivity contribution in [1.82, 2.24) is 10.3 Å². The summed E-state index contributed by atoms with van der Waals surface area (Å²) in [5, 5.41) is 12.1. The lowest BCUT2D eigenvalue weighted by atomic mass is 10.0. The van der Waals surface area contributed by atoms with Crippen LogP contribution >= 0.6 is 11.3 Å². The Morgan fingerprint density at radius 3 is 2.60 bits per heavy atom. The van der Waals surface area contributed by atoms with Gasteiger partial charge in [-0.3, -0.25) is 15.1 Å². The summed E-state index contributed by atoms with van der Waals surface area (Å²) in [6.45, 7) is 5.74. The monoisotopic (exact) mass is 228 g/mol. The SMILES string of the molecule is CC(NC(C(=O)O)C(C)C)c1cncs1. The van der Waals surface area contributed by atoms with Gasteiger partial charge in [0.15, 0.2) is 0 Å². The number of hydrogen-bond donors (Lipinski definition) is 2. The third kappa shape index (κ3) is 3.28. The van der Waals surface area contributed by atoms with Gasteiger partial charge in [0.2, 0.25) is 0 Å². The molecular weight excluding hydrogens is 212 g/mol. The fraction of sp³-hybridized carbons (Fsp3) is 0.600. The summed E-state index contributed by atoms with van der Waals surface area (Å²) in [7, 11) is 0. The van der Waals surface area contributed by atoms with Crippen LogP contribution < -0.4 is 5.32 Å². The standard InChI is InChI=1S/C10H16N2O2S/c1-6(2)9(10(13)14)12-7(3)8-4-11-5-15-8/h4-7,9,12H,1-3H3,(H,13,14). The Balaban J connectivity index is 2.63. The quantitative estimate of drug-likeness (QED) is 0.808. The molecule has 0 aliphatic heterocycles. The van der Waals surface area contributed by atoms with Gasteiger partial charge in [-0.1, -0.05) is 13.8 Å². The predicted octanol–water partition coefficient (Wildman–Crippen LogP) is 1.90. The second kappa shape index (κ2) is 5.23. The molecule has 15 heavy (non-hydrogen) atoms. The van der Waals surface area contributed by atoms with Crippen LogP contribution in [-0.2, 0) is 4.79 Å². The van der Waals surface area contributed by atoms with Crippen LogP contribution in [-0.4, -0.2) is 22.1 Å². The maximum Gasteiger partial charge on any atom is 0.320 e. The molecule has 2 N–H and O–H groups in total. The smallest absolute Gasteiger partial charge is 0.320 e. The first kappa shape index (κ1) is 12.1. The van der Waals surface area contributed by atoms with E-state index in [4.69, 9.17) is 5.11 Å². The molecule has 0 radical (unpaired) electrons. The van der Waals surface area contributed by atoms with Gasteiger partial charge in [-0.15, -0.1) is 11.3 Å². The number of aliphatic carboxylic acids is 1. The highest BCUT2D eigenvalue weighted by molar-refractivity contribution is 7.09. The lowest BCUT2D eigenvalue weighted by Gasteiger charge is -2.21. The molecule has 0 aliphatic rings. The minimum Gasteiger partial charge on any atom is -0.480 e. The van der Waals surface area contributed by atoms with E-state index in [1.807, 2.05) is 20.8 Å². The number of hydrogen-bond acceptors (Lipinski definition) is 4. The van der Waals surface area contributed by atoms with E-state index in [9.17, 15) is 4.79 Å². The summed E-state index contributed by atoms with van der Waals surface area (Å²) in [6, 6.07) is -0.483. The van der Waals surface area contributed by atoms with Crippen LogP contribution in [0.1, 0.15) is 31.7 Å². The molecule has 1 aromatic heterocycles. The summed E-state index contributed by atoms with van der Waals surface area (Å²) in [4.78, 5) is 16.0. The summed E-state index contributed by atoms with van der Waals surface area (Å²) < 4.78 is 0. The fourth-order valence-electron chi connectivity index (χ4n) is 1.34. The first-order chi connectivity index (χ1) is 7.02. The third-order valence-corrected chi connectivity index (χ3v) is 3.20. The van der Waals surface area contributed by atoms with Crippen LogP contribution in [0, 0.1) is 5.92 Å². The Hall–Kier alpha value is -0.940. The first-order valence-electron chi connectivity index (χ1n) is 4.89. The van der Waals surface area contributed by atoms with Crippen LogP contribution in [0.3, 0.4) is 0 Å². The Morgan fingerprint density at radius 1 is 1.53 bits per heavy atom. The molecule has 2 unspecified atom stereocenters. The molecule has 0 saturated carbocycles. The highest BCUT2D eigenvalue weighted by atomic mass is 32.1. The van der Waals surface area contributed by atoms with Gasteiger partial charge in [0.1, 0.15) is 6.04 Å². The molecule has 4 nitrogen and oxygen atoms in total. The highest BCUT2D eigenvalue weighted by Gasteiger charge is 2.23. The van der Waals surface area contributed by atoms with Crippen molar-refractivity contribution in [3.63, 3.8) is 0 Å². The van der Waals surface area contributed by atoms with E-state index in [0.717, 1.165) is 4.88 Å². The van der Waals surface area contributed by atoms with Gasteiger partial charge in [0, 0.05) is 17.1 Å². The second-order valence-electron chi connectivity index (χ2n) is 3.85. The molecule has 0 spiro atoms. The number of nitrogens with zero attached hydrogens (tertiary/aromatic N) is 1. The minimum absolute atomic E-state index is 0.0287. The zero-order valence-electron chi connectivity index (χ0n) is 9.10. The minimum atomic E-state index is -0.804. The van der Waals surface area contributed by atoms with Crippen LogP contribution in [0.4, 0.5) is 0 Å². The van der Waals surface area contributed by atoms with Crippen molar-refractivity contribution in [2.75, 3.05) is 0 Å². The number of aromatic nitrogens is 1. The van der Waals surface area contributed by atoms with E-state index in [1.165, 1.54) is 11.3 Å². The van der Waals surface area contributed by atoms with Gasteiger partial charge in [0.25, 0.3) is 0 Å². The number of carboxylic acids is 1. The largest absolute Gasteiger partial charge is 0.480 e. The Morgan fingerprint density at radius 2 is 2.20 bits per heavy atom. The van der Waals surface area contributed by atoms with Crippen LogP contribution in [0.25, 0.3) is 0 Å². The van der Waals surface area contributed by atoms with Gasteiger partial charge < -0.3 is 5.11 Å². The van der Waals surface area contributed by atoms with Crippen LogP contribution in [0.2, 0.25) is 0 Å². The van der Waals surface area contributed by atoms with Gasteiger partial charge in [0.05, 0.1) is 5.51 Å². The van der Waals surface area contributed by atoms with Crippen molar-refractivity contribution in [3.05, 3.63) is 16.6 Å². The van der Waals surface area contributed by atoms with E-state index >= 15 is 0 Å². The van der Waals surface area contributed by atoms with Gasteiger partial charge in [-0.2, -0.15) is 0 Å². The van der Waals surface area contributed by atoms with Crippen molar-refractivity contribution >= 4 is 17.3 Å². The van der Waals surface area contributed by atoms with Crippen LogP contribution in [0.5, 0.6) is 0 Å². The predicted molar refractivity (Wildman–Crippen MR) is 59.9 cm³/mol. The summed E-state index contributed by atoms with van der Waals surface area (Å²) in [5.41, 5.74) is 1.75. The lowest BCUT2D eigenvalue weighted by molar-refractivity contribution is -0.140.